The van der Waals surface area contributed by atoms with Crippen LogP contribution in [0.2, 0.25) is 0 Å². The van der Waals surface area contributed by atoms with E-state index in [0.717, 1.165) is 11.3 Å². The van der Waals surface area contributed by atoms with Gasteiger partial charge < -0.3 is 5.32 Å². The van der Waals surface area contributed by atoms with E-state index in [0.29, 0.717) is 39.1 Å². The van der Waals surface area contributed by atoms with Gasteiger partial charge in [0, 0.05) is 33.5 Å². The predicted octanol–water partition coefficient (Wildman–Crippen LogP) is 5.75. The second kappa shape index (κ2) is 7.75. The molecule has 0 radical (unpaired) electrons. The summed E-state index contributed by atoms with van der Waals surface area (Å²) in [6.45, 7) is 1.98. The molecule has 0 bridgehead atoms. The summed E-state index contributed by atoms with van der Waals surface area (Å²) in [5.74, 6) is -0.381. The summed E-state index contributed by atoms with van der Waals surface area (Å²) < 4.78 is 0. The highest BCUT2D eigenvalue weighted by Gasteiger charge is 2.31. The number of aryl methyl sites for hydroxylation is 1. The topological polar surface area (TPSA) is 63.2 Å². The Morgan fingerprint density at radius 1 is 0.625 bits per heavy atom. The zero-order chi connectivity index (χ0) is 22.2. The van der Waals surface area contributed by atoms with Crippen LogP contribution in [-0.4, -0.2) is 17.3 Å². The third-order valence-electron chi connectivity index (χ3n) is 5.69. The van der Waals surface area contributed by atoms with E-state index < -0.39 is 0 Å². The van der Waals surface area contributed by atoms with Gasteiger partial charge in [0.25, 0.3) is 0 Å². The lowest BCUT2D eigenvalue weighted by atomic mass is 9.83. The molecular formula is C28H19NO3. The normalized spacial score (nSPS) is 12.2. The fourth-order valence-corrected chi connectivity index (χ4v) is 3.98. The number of anilines is 2. The number of carbonyl (C=O) groups excluding carboxylic acids is 3. The summed E-state index contributed by atoms with van der Waals surface area (Å²) in [6.07, 6.45) is 0. The first kappa shape index (κ1) is 19.6. The van der Waals surface area contributed by atoms with Gasteiger partial charge in [-0.1, -0.05) is 66.2 Å². The lowest BCUT2D eigenvalue weighted by Gasteiger charge is -2.20. The van der Waals surface area contributed by atoms with E-state index >= 15 is 0 Å². The molecule has 0 heterocycles. The lowest BCUT2D eigenvalue weighted by molar-refractivity contribution is 0.0979. The van der Waals surface area contributed by atoms with Crippen LogP contribution in [0.5, 0.6) is 0 Å². The van der Waals surface area contributed by atoms with Crippen molar-refractivity contribution in [1.29, 1.82) is 0 Å². The zero-order valence-electron chi connectivity index (χ0n) is 17.4. The monoisotopic (exact) mass is 417 g/mol. The summed E-state index contributed by atoms with van der Waals surface area (Å²) in [6, 6.07) is 26.7. The van der Waals surface area contributed by atoms with E-state index in [1.165, 1.54) is 0 Å². The second-order valence-electron chi connectivity index (χ2n) is 7.83. The highest BCUT2D eigenvalue weighted by atomic mass is 16.1. The Morgan fingerprint density at radius 2 is 1.19 bits per heavy atom. The Balaban J connectivity index is 1.44. The number of benzene rings is 4. The summed E-state index contributed by atoms with van der Waals surface area (Å²) >= 11 is 0. The molecule has 0 saturated heterocycles. The molecule has 1 aliphatic carbocycles. The molecule has 154 valence electrons. The molecule has 0 saturated carbocycles. The fraction of sp³-hybridized carbons (Fsp3) is 0.0357. The molecule has 1 N–H and O–H groups in total. The number of fused-ring (bicyclic) bond motifs is 2. The van der Waals surface area contributed by atoms with Crippen molar-refractivity contribution in [3.8, 4) is 0 Å². The number of hydrogen-bond acceptors (Lipinski definition) is 4. The first-order chi connectivity index (χ1) is 15.5. The third-order valence-corrected chi connectivity index (χ3v) is 5.69. The minimum atomic E-state index is -0.176. The molecule has 4 aromatic carbocycles. The third kappa shape index (κ3) is 3.32. The molecule has 0 amide bonds. The molecule has 0 aliphatic heterocycles. The van der Waals surface area contributed by atoms with Crippen LogP contribution < -0.4 is 5.32 Å². The van der Waals surface area contributed by atoms with Gasteiger partial charge in [0.15, 0.2) is 17.3 Å². The van der Waals surface area contributed by atoms with Gasteiger partial charge in [-0.3, -0.25) is 14.4 Å². The number of carbonyl (C=O) groups is 3. The molecule has 0 aromatic heterocycles. The Hall–Kier alpha value is -4.31. The molecule has 0 atom stereocenters. The van der Waals surface area contributed by atoms with Crippen molar-refractivity contribution in [2.24, 2.45) is 0 Å². The summed E-state index contributed by atoms with van der Waals surface area (Å²) in [4.78, 5) is 38.8. The average Bonchev–Trinajstić information content (AvgIpc) is 2.83. The Morgan fingerprint density at radius 3 is 1.84 bits per heavy atom. The lowest BCUT2D eigenvalue weighted by Crippen LogP contribution is -2.22. The molecule has 0 fully saturated rings. The van der Waals surface area contributed by atoms with Crippen molar-refractivity contribution >= 4 is 28.7 Å². The van der Waals surface area contributed by atoms with Crippen LogP contribution in [0.25, 0.3) is 0 Å². The molecule has 32 heavy (non-hydrogen) atoms. The Kier molecular flexibility index (Phi) is 4.75. The van der Waals surface area contributed by atoms with E-state index in [4.69, 9.17) is 0 Å². The van der Waals surface area contributed by atoms with E-state index in [-0.39, 0.29) is 17.3 Å². The summed E-state index contributed by atoms with van der Waals surface area (Å²) in [7, 11) is 0. The molecule has 4 aromatic rings. The standard InChI is InChI=1S/C28H19NO3/c1-17-9-11-18(12-10-17)26(30)19-13-15-20(16-14-19)29-24-8-4-7-23-25(24)28(32)22-6-3-2-5-21(22)27(23)31/h2-16,29H,1H3. The maximum absolute atomic E-state index is 13.2. The highest BCUT2D eigenvalue weighted by molar-refractivity contribution is 6.30. The van der Waals surface area contributed by atoms with Crippen LogP contribution in [-0.2, 0) is 0 Å². The van der Waals surface area contributed by atoms with Gasteiger partial charge in [0.05, 0.1) is 11.3 Å². The maximum atomic E-state index is 13.2. The van der Waals surface area contributed by atoms with Gasteiger partial charge in [-0.15, -0.1) is 0 Å². The Bertz CT molecular complexity index is 1380. The van der Waals surface area contributed by atoms with Crippen molar-refractivity contribution in [1.82, 2.24) is 0 Å². The number of hydrogen-bond donors (Lipinski definition) is 1. The van der Waals surface area contributed by atoms with E-state index in [1.54, 1.807) is 66.7 Å². The van der Waals surface area contributed by atoms with E-state index in [9.17, 15) is 14.4 Å². The fourth-order valence-electron chi connectivity index (χ4n) is 3.98. The second-order valence-corrected chi connectivity index (χ2v) is 7.83. The first-order valence-electron chi connectivity index (χ1n) is 10.3. The minimum Gasteiger partial charge on any atom is -0.355 e. The summed E-state index contributed by atoms with van der Waals surface area (Å²) in [5, 5.41) is 3.24. The quantitative estimate of drug-likeness (QED) is 0.379. The van der Waals surface area contributed by atoms with E-state index in [2.05, 4.69) is 5.32 Å². The van der Waals surface area contributed by atoms with Crippen LogP contribution in [0.4, 0.5) is 11.4 Å². The van der Waals surface area contributed by atoms with Crippen LogP contribution in [0.1, 0.15) is 53.3 Å². The molecule has 4 heteroatoms. The van der Waals surface area contributed by atoms with Crippen LogP contribution in [0.3, 0.4) is 0 Å². The first-order valence-corrected chi connectivity index (χ1v) is 10.3. The van der Waals surface area contributed by atoms with Gasteiger partial charge >= 0.3 is 0 Å². The smallest absolute Gasteiger partial charge is 0.196 e. The molecule has 5 rings (SSSR count). The van der Waals surface area contributed by atoms with Crippen molar-refractivity contribution in [2.75, 3.05) is 5.32 Å². The van der Waals surface area contributed by atoms with Gasteiger partial charge in [0.1, 0.15) is 0 Å². The van der Waals surface area contributed by atoms with Crippen molar-refractivity contribution in [2.45, 2.75) is 6.92 Å². The number of rotatable bonds is 4. The maximum Gasteiger partial charge on any atom is 0.196 e. The van der Waals surface area contributed by atoms with Crippen LogP contribution >= 0.6 is 0 Å². The Labute approximate surface area is 185 Å². The number of ketones is 3. The highest BCUT2D eigenvalue weighted by Crippen LogP contribution is 2.33. The van der Waals surface area contributed by atoms with Crippen molar-refractivity contribution in [3.63, 3.8) is 0 Å². The predicted molar refractivity (Wildman–Crippen MR) is 124 cm³/mol. The molecule has 1 aliphatic rings. The number of nitrogens with one attached hydrogen (secondary N) is 1. The molecule has 0 spiro atoms. The SMILES string of the molecule is Cc1ccc(C(=O)c2ccc(Nc3cccc4c3C(=O)c3ccccc3C4=O)cc2)cc1. The van der Waals surface area contributed by atoms with Gasteiger partial charge in [0.2, 0.25) is 0 Å². The van der Waals surface area contributed by atoms with Crippen molar-refractivity contribution in [3.05, 3.63) is 130 Å². The van der Waals surface area contributed by atoms with Gasteiger partial charge in [-0.2, -0.15) is 0 Å². The van der Waals surface area contributed by atoms with Crippen LogP contribution in [0.15, 0.2) is 91.0 Å². The van der Waals surface area contributed by atoms with Gasteiger partial charge in [-0.05, 0) is 37.3 Å². The molecule has 0 unspecified atom stereocenters. The van der Waals surface area contributed by atoms with E-state index in [1.807, 2.05) is 31.2 Å². The van der Waals surface area contributed by atoms with Gasteiger partial charge in [-0.25, -0.2) is 0 Å². The molecule has 4 nitrogen and oxygen atoms in total. The van der Waals surface area contributed by atoms with Crippen LogP contribution in [0, 0.1) is 6.92 Å². The average molecular weight is 417 g/mol. The largest absolute Gasteiger partial charge is 0.355 e. The van der Waals surface area contributed by atoms with Crippen molar-refractivity contribution < 1.29 is 14.4 Å². The summed E-state index contributed by atoms with van der Waals surface area (Å²) in [5.41, 5.74) is 5.21. The minimum absolute atomic E-state index is 0.0500. The molecular weight excluding hydrogens is 398 g/mol. The zero-order valence-corrected chi connectivity index (χ0v) is 17.4.